The molecule has 0 bridgehead atoms. The molecule has 1 atom stereocenters. The molecule has 2 aliphatic rings. The predicted molar refractivity (Wildman–Crippen MR) is 106 cm³/mol. The number of nitrogens with zero attached hydrogens (tertiary/aromatic N) is 2. The van der Waals surface area contributed by atoms with Gasteiger partial charge >= 0.3 is 6.03 Å². The summed E-state index contributed by atoms with van der Waals surface area (Å²) in [5.41, 5.74) is 2.60. The number of nitrogens with one attached hydrogen (secondary N) is 1. The largest absolute Gasteiger partial charge is 0.338 e. The zero-order valence-corrected chi connectivity index (χ0v) is 16.2. The summed E-state index contributed by atoms with van der Waals surface area (Å²) in [6, 6.07) is 12.3. The first-order chi connectivity index (χ1) is 13.2. The molecule has 0 radical (unpaired) electrons. The van der Waals surface area contributed by atoms with Gasteiger partial charge in [0.2, 0.25) is 5.91 Å². The number of urea groups is 1. The number of carbonyl (C=O) groups is 2. The van der Waals surface area contributed by atoms with Crippen molar-refractivity contribution in [1.82, 2.24) is 15.1 Å². The van der Waals surface area contributed by atoms with Crippen molar-refractivity contribution in [2.45, 2.75) is 32.4 Å². The maximum atomic E-state index is 13.0. The Morgan fingerprint density at radius 3 is 2.74 bits per heavy atom. The summed E-state index contributed by atoms with van der Waals surface area (Å²) in [5.74, 6) is 0.108. The summed E-state index contributed by atoms with van der Waals surface area (Å²) in [4.78, 5) is 30.5. The van der Waals surface area contributed by atoms with Gasteiger partial charge in [0.05, 0.1) is 12.5 Å². The van der Waals surface area contributed by atoms with Crippen LogP contribution < -0.4 is 5.32 Å². The molecule has 142 valence electrons. The molecule has 2 aliphatic heterocycles. The zero-order valence-electron chi connectivity index (χ0n) is 15.4. The number of amides is 3. The average molecular weight is 384 g/mol. The fourth-order valence-electron chi connectivity index (χ4n) is 3.99. The van der Waals surface area contributed by atoms with Crippen molar-refractivity contribution in [2.75, 3.05) is 19.6 Å². The van der Waals surface area contributed by atoms with Crippen LogP contribution in [0.3, 0.4) is 0 Å². The second-order valence-corrected chi connectivity index (χ2v) is 8.33. The van der Waals surface area contributed by atoms with Crippen molar-refractivity contribution in [1.29, 1.82) is 0 Å². The first-order valence-corrected chi connectivity index (χ1v) is 10.5. The van der Waals surface area contributed by atoms with E-state index in [0.717, 1.165) is 37.2 Å². The SMILES string of the molecule is O=C(NCc1cccs1)N1CCCC(C(=O)N2CCc3ccccc3C2)C1. The molecule has 27 heavy (non-hydrogen) atoms. The first kappa shape index (κ1) is 18.0. The number of piperidine rings is 1. The minimum absolute atomic E-state index is 0.0649. The van der Waals surface area contributed by atoms with E-state index in [1.807, 2.05) is 28.5 Å². The maximum absolute atomic E-state index is 13.0. The van der Waals surface area contributed by atoms with Gasteiger partial charge in [0, 0.05) is 31.1 Å². The van der Waals surface area contributed by atoms with Gasteiger partial charge in [0.1, 0.15) is 0 Å². The molecule has 1 aromatic heterocycles. The van der Waals surface area contributed by atoms with E-state index in [1.54, 1.807) is 16.2 Å². The van der Waals surface area contributed by atoms with Crippen molar-refractivity contribution in [3.05, 3.63) is 57.8 Å². The lowest BCUT2D eigenvalue weighted by Crippen LogP contribution is -2.50. The van der Waals surface area contributed by atoms with Gasteiger partial charge in [-0.3, -0.25) is 4.79 Å². The third kappa shape index (κ3) is 4.16. The van der Waals surface area contributed by atoms with E-state index in [4.69, 9.17) is 0 Å². The van der Waals surface area contributed by atoms with Crippen LogP contribution in [0.25, 0.3) is 0 Å². The smallest absolute Gasteiger partial charge is 0.317 e. The summed E-state index contributed by atoms with van der Waals surface area (Å²) in [5, 5.41) is 4.99. The van der Waals surface area contributed by atoms with Crippen LogP contribution >= 0.6 is 11.3 Å². The number of thiophene rings is 1. The highest BCUT2D eigenvalue weighted by atomic mass is 32.1. The quantitative estimate of drug-likeness (QED) is 0.885. The van der Waals surface area contributed by atoms with Gasteiger partial charge in [-0.15, -0.1) is 11.3 Å². The monoisotopic (exact) mass is 383 g/mol. The second-order valence-electron chi connectivity index (χ2n) is 7.30. The molecule has 0 spiro atoms. The molecular formula is C21H25N3O2S. The summed E-state index contributed by atoms with van der Waals surface area (Å²) in [6.45, 7) is 3.26. The number of fused-ring (bicyclic) bond motifs is 1. The van der Waals surface area contributed by atoms with Gasteiger partial charge < -0.3 is 15.1 Å². The number of rotatable bonds is 3. The zero-order chi connectivity index (χ0) is 18.6. The van der Waals surface area contributed by atoms with Crippen LogP contribution in [-0.4, -0.2) is 41.4 Å². The van der Waals surface area contributed by atoms with Crippen LogP contribution in [0.1, 0.15) is 28.8 Å². The average Bonchev–Trinajstić information content (AvgIpc) is 3.25. The van der Waals surface area contributed by atoms with E-state index in [1.165, 1.54) is 11.1 Å². The summed E-state index contributed by atoms with van der Waals surface area (Å²) < 4.78 is 0. The van der Waals surface area contributed by atoms with Crippen LogP contribution in [0.15, 0.2) is 41.8 Å². The molecule has 6 heteroatoms. The van der Waals surface area contributed by atoms with E-state index in [-0.39, 0.29) is 17.9 Å². The highest BCUT2D eigenvalue weighted by molar-refractivity contribution is 7.09. The Labute approximate surface area is 164 Å². The molecule has 0 saturated carbocycles. The molecule has 1 unspecified atom stereocenters. The molecule has 0 aliphatic carbocycles. The highest BCUT2D eigenvalue weighted by Crippen LogP contribution is 2.24. The Hall–Kier alpha value is -2.34. The van der Waals surface area contributed by atoms with Gasteiger partial charge in [-0.2, -0.15) is 0 Å². The number of hydrogen-bond acceptors (Lipinski definition) is 3. The number of carbonyl (C=O) groups excluding carboxylic acids is 2. The van der Waals surface area contributed by atoms with Crippen molar-refractivity contribution < 1.29 is 9.59 Å². The third-order valence-corrected chi connectivity index (χ3v) is 6.37. The lowest BCUT2D eigenvalue weighted by molar-refractivity contribution is -0.137. The molecule has 1 fully saturated rings. The van der Waals surface area contributed by atoms with Crippen molar-refractivity contribution in [2.24, 2.45) is 5.92 Å². The van der Waals surface area contributed by atoms with Gasteiger partial charge in [0.15, 0.2) is 0 Å². The van der Waals surface area contributed by atoms with Gasteiger partial charge in [-0.1, -0.05) is 30.3 Å². The van der Waals surface area contributed by atoms with Crippen LogP contribution in [0.4, 0.5) is 4.79 Å². The minimum Gasteiger partial charge on any atom is -0.338 e. The van der Waals surface area contributed by atoms with E-state index in [9.17, 15) is 9.59 Å². The fraction of sp³-hybridized carbons (Fsp3) is 0.429. The van der Waals surface area contributed by atoms with E-state index in [0.29, 0.717) is 19.6 Å². The highest BCUT2D eigenvalue weighted by Gasteiger charge is 2.32. The second kappa shape index (κ2) is 8.13. The molecule has 1 N–H and O–H groups in total. The normalized spacial score (nSPS) is 19.5. The topological polar surface area (TPSA) is 52.7 Å². The van der Waals surface area contributed by atoms with Crippen LogP contribution in [-0.2, 0) is 24.3 Å². The Bertz CT molecular complexity index is 806. The Kier molecular flexibility index (Phi) is 5.43. The standard InChI is InChI=1S/C21H25N3O2S/c25-20(23-11-9-16-5-1-2-6-17(16)14-23)18-7-3-10-24(15-18)21(26)22-13-19-8-4-12-27-19/h1-2,4-6,8,12,18H,3,7,9-11,13-15H2,(H,22,26). The summed E-state index contributed by atoms with van der Waals surface area (Å²) >= 11 is 1.64. The van der Waals surface area contributed by atoms with Gasteiger partial charge in [-0.05, 0) is 41.8 Å². The van der Waals surface area contributed by atoms with Crippen LogP contribution in [0.5, 0.6) is 0 Å². The van der Waals surface area contributed by atoms with Gasteiger partial charge in [-0.25, -0.2) is 4.79 Å². The maximum Gasteiger partial charge on any atom is 0.317 e. The van der Waals surface area contributed by atoms with Crippen molar-refractivity contribution >= 4 is 23.3 Å². The number of hydrogen-bond donors (Lipinski definition) is 1. The van der Waals surface area contributed by atoms with E-state index in [2.05, 4.69) is 23.5 Å². The third-order valence-electron chi connectivity index (χ3n) is 5.49. The van der Waals surface area contributed by atoms with Crippen molar-refractivity contribution in [3.63, 3.8) is 0 Å². The fourth-order valence-corrected chi connectivity index (χ4v) is 4.64. The van der Waals surface area contributed by atoms with Crippen molar-refractivity contribution in [3.8, 4) is 0 Å². The minimum atomic E-state index is -0.0866. The molecule has 5 nitrogen and oxygen atoms in total. The number of benzene rings is 1. The molecule has 3 heterocycles. The lowest BCUT2D eigenvalue weighted by atomic mass is 9.94. The molecule has 3 amide bonds. The van der Waals surface area contributed by atoms with E-state index >= 15 is 0 Å². The molecule has 2 aromatic rings. The number of likely N-dealkylation sites (tertiary alicyclic amines) is 1. The van der Waals surface area contributed by atoms with E-state index < -0.39 is 0 Å². The van der Waals surface area contributed by atoms with Crippen LogP contribution in [0.2, 0.25) is 0 Å². The first-order valence-electron chi connectivity index (χ1n) is 9.61. The molecular weight excluding hydrogens is 358 g/mol. The molecule has 1 aromatic carbocycles. The Morgan fingerprint density at radius 2 is 1.93 bits per heavy atom. The van der Waals surface area contributed by atoms with Gasteiger partial charge in [0.25, 0.3) is 0 Å². The summed E-state index contributed by atoms with van der Waals surface area (Å²) in [7, 11) is 0. The Morgan fingerprint density at radius 1 is 1.07 bits per heavy atom. The lowest BCUT2D eigenvalue weighted by Gasteiger charge is -2.36. The predicted octanol–water partition coefficient (Wildman–Crippen LogP) is 3.25. The molecule has 4 rings (SSSR count). The van der Waals surface area contributed by atoms with Crippen LogP contribution in [0, 0.1) is 5.92 Å². The Balaban J connectivity index is 1.34. The summed E-state index contributed by atoms with van der Waals surface area (Å²) in [6.07, 6.45) is 2.67. The molecule has 1 saturated heterocycles.